The molecule has 0 aliphatic carbocycles. The molecule has 1 unspecified atom stereocenters. The molecule has 0 bridgehead atoms. The van der Waals surface area contributed by atoms with E-state index in [9.17, 15) is 9.59 Å². The molecule has 1 aromatic heterocycles. The summed E-state index contributed by atoms with van der Waals surface area (Å²) < 4.78 is 1.55. The van der Waals surface area contributed by atoms with Crippen LogP contribution in [-0.2, 0) is 11.3 Å². The van der Waals surface area contributed by atoms with Gasteiger partial charge in [-0.1, -0.05) is 42.5 Å². The highest BCUT2D eigenvalue weighted by Crippen LogP contribution is 2.25. The number of hydrogen-bond donors (Lipinski definition) is 0. The lowest BCUT2D eigenvalue weighted by Gasteiger charge is -2.40. The van der Waals surface area contributed by atoms with Crippen molar-refractivity contribution in [3.05, 3.63) is 76.3 Å². The number of carbonyl (C=O) groups excluding carboxylic acids is 1. The first-order valence-electron chi connectivity index (χ1n) is 10.0. The van der Waals surface area contributed by atoms with Crippen LogP contribution < -0.4 is 5.56 Å². The molecule has 29 heavy (non-hydrogen) atoms. The zero-order valence-electron chi connectivity index (χ0n) is 16.9. The number of aryl methyl sites for hydroxylation is 2. The molecular weight excluding hydrogens is 364 g/mol. The van der Waals surface area contributed by atoms with Gasteiger partial charge < -0.3 is 9.80 Å². The largest absolute Gasteiger partial charge is 0.333 e. The quantitative estimate of drug-likeness (QED) is 0.687. The summed E-state index contributed by atoms with van der Waals surface area (Å²) in [5.41, 5.74) is 2.76. The number of benzene rings is 2. The van der Waals surface area contributed by atoms with E-state index >= 15 is 0 Å². The Labute approximate surface area is 170 Å². The maximum atomic E-state index is 13.1. The zero-order chi connectivity index (χ0) is 20.4. The molecular formula is C23H26N4O2. The molecule has 6 nitrogen and oxygen atoms in total. The Hall–Kier alpha value is -2.99. The van der Waals surface area contributed by atoms with E-state index in [-0.39, 0.29) is 23.9 Å². The number of likely N-dealkylation sites (N-methyl/N-ethyl adjacent to an activating group) is 1. The predicted molar refractivity (Wildman–Crippen MR) is 114 cm³/mol. The molecule has 2 aromatic carbocycles. The van der Waals surface area contributed by atoms with Crippen molar-refractivity contribution >= 4 is 16.8 Å². The van der Waals surface area contributed by atoms with Gasteiger partial charge in [-0.25, -0.2) is 4.98 Å². The van der Waals surface area contributed by atoms with Gasteiger partial charge in [-0.05, 0) is 31.2 Å². The van der Waals surface area contributed by atoms with Crippen LogP contribution in [0.4, 0.5) is 0 Å². The first-order valence-corrected chi connectivity index (χ1v) is 10.0. The van der Waals surface area contributed by atoms with Crippen LogP contribution >= 0.6 is 0 Å². The maximum absolute atomic E-state index is 13.1. The Bertz CT molecular complexity index is 1080. The normalized spacial score (nSPS) is 17.6. The van der Waals surface area contributed by atoms with Gasteiger partial charge in [0.15, 0.2) is 0 Å². The lowest BCUT2D eigenvalue weighted by atomic mass is 10.0. The highest BCUT2D eigenvalue weighted by atomic mass is 16.2. The average molecular weight is 390 g/mol. The molecule has 1 fully saturated rings. The second-order valence-electron chi connectivity index (χ2n) is 7.74. The summed E-state index contributed by atoms with van der Waals surface area (Å²) in [6.45, 7) is 4.64. The van der Waals surface area contributed by atoms with Gasteiger partial charge in [-0.15, -0.1) is 0 Å². The second kappa shape index (κ2) is 8.17. The summed E-state index contributed by atoms with van der Waals surface area (Å²) in [6, 6.07) is 15.8. The highest BCUT2D eigenvalue weighted by Gasteiger charge is 2.29. The van der Waals surface area contributed by atoms with Crippen LogP contribution in [0.1, 0.15) is 23.6 Å². The molecule has 6 heteroatoms. The molecule has 0 spiro atoms. The number of piperazine rings is 1. The number of rotatable bonds is 4. The molecule has 1 aliphatic rings. The van der Waals surface area contributed by atoms with E-state index in [2.05, 4.69) is 29.1 Å². The minimum atomic E-state index is -0.0931. The Morgan fingerprint density at radius 3 is 2.69 bits per heavy atom. The molecule has 1 atom stereocenters. The topological polar surface area (TPSA) is 58.4 Å². The lowest BCUT2D eigenvalue weighted by molar-refractivity contribution is -0.136. The van der Waals surface area contributed by atoms with Gasteiger partial charge in [-0.2, -0.15) is 0 Å². The van der Waals surface area contributed by atoms with Crippen LogP contribution in [0.25, 0.3) is 10.9 Å². The standard InChI is InChI=1S/C23H26N4O2/c1-17-7-6-10-19-22(17)24-16-26(23(19)29)12-11-21(28)27-14-13-25(2)15-20(27)18-8-4-3-5-9-18/h3-10,16,20H,11-15H2,1-2H3. The number of para-hydroxylation sites is 1. The van der Waals surface area contributed by atoms with Gasteiger partial charge >= 0.3 is 0 Å². The van der Waals surface area contributed by atoms with Gasteiger partial charge in [0.1, 0.15) is 0 Å². The summed E-state index contributed by atoms with van der Waals surface area (Å²) in [7, 11) is 2.08. The SMILES string of the molecule is Cc1cccc2c(=O)n(CCC(=O)N3CCN(C)CC3c3ccccc3)cnc12. The molecule has 3 aromatic rings. The van der Waals surface area contributed by atoms with Crippen molar-refractivity contribution in [3.8, 4) is 0 Å². The van der Waals surface area contributed by atoms with Crippen molar-refractivity contribution in [2.24, 2.45) is 0 Å². The van der Waals surface area contributed by atoms with Crippen molar-refractivity contribution in [2.45, 2.75) is 25.9 Å². The number of fused-ring (bicyclic) bond motifs is 1. The summed E-state index contributed by atoms with van der Waals surface area (Å²) in [5, 5.41) is 0.599. The van der Waals surface area contributed by atoms with Crippen molar-refractivity contribution < 1.29 is 4.79 Å². The predicted octanol–water partition coefficient (Wildman–Crippen LogP) is 2.61. The molecule has 0 saturated carbocycles. The first kappa shape index (κ1) is 19.3. The molecule has 1 saturated heterocycles. The van der Waals surface area contributed by atoms with Gasteiger partial charge in [0, 0.05) is 32.6 Å². The third kappa shape index (κ3) is 3.93. The summed E-state index contributed by atoms with van der Waals surface area (Å²) in [5.74, 6) is 0.0724. The van der Waals surface area contributed by atoms with Crippen LogP contribution in [0.3, 0.4) is 0 Å². The fraction of sp³-hybridized carbons (Fsp3) is 0.348. The van der Waals surface area contributed by atoms with E-state index in [0.29, 0.717) is 18.5 Å². The molecule has 4 rings (SSSR count). The van der Waals surface area contributed by atoms with Gasteiger partial charge in [0.25, 0.3) is 5.56 Å². The van der Waals surface area contributed by atoms with Crippen LogP contribution in [-0.4, -0.2) is 51.9 Å². The number of aromatic nitrogens is 2. The van der Waals surface area contributed by atoms with Crippen LogP contribution in [0.2, 0.25) is 0 Å². The minimum absolute atomic E-state index is 0.0385. The molecule has 1 aliphatic heterocycles. The third-order valence-electron chi connectivity index (χ3n) is 5.71. The monoisotopic (exact) mass is 390 g/mol. The Morgan fingerprint density at radius 2 is 1.90 bits per heavy atom. The van der Waals surface area contributed by atoms with Gasteiger partial charge in [0.2, 0.25) is 5.91 Å². The molecule has 1 amide bonds. The maximum Gasteiger partial charge on any atom is 0.261 e. The zero-order valence-corrected chi connectivity index (χ0v) is 16.9. The number of amides is 1. The summed E-state index contributed by atoms with van der Waals surface area (Å²) >= 11 is 0. The summed E-state index contributed by atoms with van der Waals surface area (Å²) in [6.07, 6.45) is 1.84. The second-order valence-corrected chi connectivity index (χ2v) is 7.74. The Kier molecular flexibility index (Phi) is 5.45. The lowest BCUT2D eigenvalue weighted by Crippen LogP contribution is -2.49. The van der Waals surface area contributed by atoms with Crippen LogP contribution in [0.5, 0.6) is 0 Å². The van der Waals surface area contributed by atoms with Crippen molar-refractivity contribution in [3.63, 3.8) is 0 Å². The molecule has 0 radical (unpaired) electrons. The molecule has 0 N–H and O–H groups in total. The Morgan fingerprint density at radius 1 is 1.10 bits per heavy atom. The third-order valence-corrected chi connectivity index (χ3v) is 5.71. The van der Waals surface area contributed by atoms with E-state index in [1.807, 2.05) is 42.2 Å². The summed E-state index contributed by atoms with van der Waals surface area (Å²) in [4.78, 5) is 34.5. The number of hydrogen-bond acceptors (Lipinski definition) is 4. The highest BCUT2D eigenvalue weighted by molar-refractivity contribution is 5.80. The van der Waals surface area contributed by atoms with E-state index in [4.69, 9.17) is 0 Å². The van der Waals surface area contributed by atoms with Crippen molar-refractivity contribution in [2.75, 3.05) is 26.7 Å². The Balaban J connectivity index is 1.52. The van der Waals surface area contributed by atoms with Crippen molar-refractivity contribution in [1.82, 2.24) is 19.4 Å². The van der Waals surface area contributed by atoms with Crippen molar-refractivity contribution in [1.29, 1.82) is 0 Å². The van der Waals surface area contributed by atoms with Gasteiger partial charge in [-0.3, -0.25) is 14.2 Å². The van der Waals surface area contributed by atoms with Crippen LogP contribution in [0, 0.1) is 6.92 Å². The average Bonchev–Trinajstić information content (AvgIpc) is 2.74. The van der Waals surface area contributed by atoms with E-state index in [1.54, 1.807) is 17.0 Å². The van der Waals surface area contributed by atoms with Gasteiger partial charge in [0.05, 0.1) is 23.3 Å². The van der Waals surface area contributed by atoms with E-state index in [0.717, 1.165) is 29.7 Å². The molecule has 150 valence electrons. The fourth-order valence-electron chi connectivity index (χ4n) is 4.03. The molecule has 2 heterocycles. The minimum Gasteiger partial charge on any atom is -0.333 e. The fourth-order valence-corrected chi connectivity index (χ4v) is 4.03. The smallest absolute Gasteiger partial charge is 0.261 e. The van der Waals surface area contributed by atoms with E-state index in [1.165, 1.54) is 0 Å². The first-order chi connectivity index (χ1) is 14.0. The van der Waals surface area contributed by atoms with Crippen LogP contribution in [0.15, 0.2) is 59.7 Å². The number of nitrogens with zero attached hydrogens (tertiary/aromatic N) is 4. The van der Waals surface area contributed by atoms with E-state index < -0.39 is 0 Å². The number of carbonyl (C=O) groups is 1.